The molecule has 2 aromatic heterocycles. The number of nitrogens with one attached hydrogen (secondary N) is 2. The predicted octanol–water partition coefficient (Wildman–Crippen LogP) is 6.67. The lowest BCUT2D eigenvalue weighted by molar-refractivity contribution is -0.116. The van der Waals surface area contributed by atoms with E-state index in [2.05, 4.69) is 84.0 Å². The molecular weight excluding hydrogens is 514 g/mol. The smallest absolute Gasteiger partial charge is 0.226 e. The fourth-order valence-electron chi connectivity index (χ4n) is 5.81. The zero-order valence-corrected chi connectivity index (χ0v) is 24.7. The van der Waals surface area contributed by atoms with Crippen LogP contribution in [0.2, 0.25) is 0 Å². The first kappa shape index (κ1) is 27.6. The van der Waals surface area contributed by atoms with Gasteiger partial charge in [-0.15, -0.1) is 0 Å². The molecule has 1 aliphatic heterocycles. The van der Waals surface area contributed by atoms with Gasteiger partial charge >= 0.3 is 0 Å². The van der Waals surface area contributed by atoms with Crippen molar-refractivity contribution in [1.29, 1.82) is 0 Å². The number of hydrogen-bond donors (Lipinski definition) is 2. The van der Waals surface area contributed by atoms with Crippen LogP contribution in [-0.4, -0.2) is 32.0 Å². The quantitative estimate of drug-likeness (QED) is 0.240. The fourth-order valence-corrected chi connectivity index (χ4v) is 6.14. The number of thiocarbonyl (C=S) groups is 1. The molecule has 3 heterocycles. The number of amides is 1. The lowest BCUT2D eigenvalue weighted by Crippen LogP contribution is -2.33. The highest BCUT2D eigenvalue weighted by Gasteiger charge is 2.41. The molecule has 6 nitrogen and oxygen atoms in total. The Morgan fingerprint density at radius 2 is 1.80 bits per heavy atom. The highest BCUT2D eigenvalue weighted by atomic mass is 32.1. The Balaban J connectivity index is 1.49. The van der Waals surface area contributed by atoms with E-state index in [-0.39, 0.29) is 18.0 Å². The minimum atomic E-state index is -0.134. The molecule has 0 bridgehead atoms. The monoisotopic (exact) mass is 551 g/mol. The number of anilines is 1. The Morgan fingerprint density at radius 3 is 2.55 bits per heavy atom. The fraction of sp³-hybridized carbons (Fsp3) is 0.303. The van der Waals surface area contributed by atoms with Gasteiger partial charge in [0.2, 0.25) is 5.91 Å². The maximum atomic E-state index is 13.1. The standard InChI is InChI=1S/C33H37N5OS/c1-6-25-13-7-8-14-27(25)35-30(39)17-19-37-32(31(36-33(37)40)28-15-9-10-18-34-28)26-20-22(3)38(24(26)5)29-16-11-12-21(2)23(29)4/h7-16,18,20,31-32H,6,17,19H2,1-5H3,(H,35,39)(H,36,40)/t31-,32+/m0/s1. The average molecular weight is 552 g/mol. The van der Waals surface area contributed by atoms with Crippen molar-refractivity contribution < 1.29 is 4.79 Å². The Bertz CT molecular complexity index is 1540. The molecule has 2 N–H and O–H groups in total. The first-order valence-corrected chi connectivity index (χ1v) is 14.3. The number of carbonyl (C=O) groups is 1. The number of aromatic nitrogens is 2. The van der Waals surface area contributed by atoms with Crippen LogP contribution in [0.5, 0.6) is 0 Å². The minimum absolute atomic E-state index is 0.0235. The molecular formula is C33H37N5OS. The third kappa shape index (κ3) is 5.26. The van der Waals surface area contributed by atoms with Gasteiger partial charge in [-0.05, 0) is 98.9 Å². The van der Waals surface area contributed by atoms with Gasteiger partial charge in [-0.3, -0.25) is 9.78 Å². The zero-order valence-electron chi connectivity index (χ0n) is 23.9. The number of nitrogens with zero attached hydrogens (tertiary/aromatic N) is 3. The third-order valence-electron chi connectivity index (χ3n) is 8.06. The van der Waals surface area contributed by atoms with Crippen molar-refractivity contribution in [3.8, 4) is 5.69 Å². The zero-order chi connectivity index (χ0) is 28.4. The van der Waals surface area contributed by atoms with Crippen LogP contribution >= 0.6 is 12.2 Å². The van der Waals surface area contributed by atoms with E-state index in [0.717, 1.165) is 34.8 Å². The summed E-state index contributed by atoms with van der Waals surface area (Å²) in [5.74, 6) is -0.0235. The first-order valence-electron chi connectivity index (χ1n) is 13.9. The van der Waals surface area contributed by atoms with E-state index < -0.39 is 0 Å². The van der Waals surface area contributed by atoms with Gasteiger partial charge in [-0.1, -0.05) is 43.3 Å². The normalized spacial score (nSPS) is 16.7. The summed E-state index contributed by atoms with van der Waals surface area (Å²) in [5.41, 5.74) is 10.1. The summed E-state index contributed by atoms with van der Waals surface area (Å²) in [5, 5.41) is 7.28. The summed E-state index contributed by atoms with van der Waals surface area (Å²) in [7, 11) is 0. The Kier molecular flexibility index (Phi) is 8.03. The van der Waals surface area contributed by atoms with Gasteiger partial charge in [-0.25, -0.2) is 0 Å². The van der Waals surface area contributed by atoms with Crippen molar-refractivity contribution in [2.75, 3.05) is 11.9 Å². The lowest BCUT2D eigenvalue weighted by atomic mass is 9.96. The highest BCUT2D eigenvalue weighted by molar-refractivity contribution is 7.80. The van der Waals surface area contributed by atoms with Crippen molar-refractivity contribution in [3.63, 3.8) is 0 Å². The molecule has 0 saturated carbocycles. The molecule has 0 aliphatic carbocycles. The molecule has 2 atom stereocenters. The van der Waals surface area contributed by atoms with Crippen molar-refractivity contribution >= 4 is 28.9 Å². The third-order valence-corrected chi connectivity index (χ3v) is 8.41. The maximum absolute atomic E-state index is 13.1. The molecule has 1 amide bonds. The number of rotatable bonds is 8. The number of benzene rings is 2. The summed E-state index contributed by atoms with van der Waals surface area (Å²) < 4.78 is 2.33. The van der Waals surface area contributed by atoms with Crippen LogP contribution in [-0.2, 0) is 11.2 Å². The van der Waals surface area contributed by atoms with Crippen LogP contribution in [0.25, 0.3) is 5.69 Å². The van der Waals surface area contributed by atoms with Crippen molar-refractivity contribution in [2.45, 2.75) is 59.5 Å². The van der Waals surface area contributed by atoms with Gasteiger partial charge in [0.25, 0.3) is 0 Å². The van der Waals surface area contributed by atoms with Gasteiger partial charge < -0.3 is 20.1 Å². The molecule has 0 spiro atoms. The first-order chi connectivity index (χ1) is 19.3. The van der Waals surface area contributed by atoms with Crippen molar-refractivity contribution in [1.82, 2.24) is 19.8 Å². The number of hydrogen-bond acceptors (Lipinski definition) is 3. The molecule has 5 rings (SSSR count). The molecule has 7 heteroatoms. The van der Waals surface area contributed by atoms with E-state index in [0.29, 0.717) is 18.1 Å². The average Bonchev–Trinajstić information content (AvgIpc) is 3.44. The molecule has 206 valence electrons. The van der Waals surface area contributed by atoms with Crippen LogP contribution in [0.3, 0.4) is 0 Å². The second-order valence-electron chi connectivity index (χ2n) is 10.5. The van der Waals surface area contributed by atoms with Gasteiger partial charge in [-0.2, -0.15) is 0 Å². The molecule has 1 saturated heterocycles. The van der Waals surface area contributed by atoms with Crippen LogP contribution in [0.1, 0.15) is 64.8 Å². The summed E-state index contributed by atoms with van der Waals surface area (Å²) >= 11 is 5.88. The summed E-state index contributed by atoms with van der Waals surface area (Å²) in [6.07, 6.45) is 3.00. The Hall–Kier alpha value is -3.97. The second-order valence-corrected chi connectivity index (χ2v) is 10.9. The number of carbonyl (C=O) groups excluding carboxylic acids is 1. The maximum Gasteiger partial charge on any atom is 0.226 e. The Morgan fingerprint density at radius 1 is 1.02 bits per heavy atom. The minimum Gasteiger partial charge on any atom is -0.352 e. The van der Waals surface area contributed by atoms with Crippen molar-refractivity contribution in [2.24, 2.45) is 0 Å². The predicted molar refractivity (Wildman–Crippen MR) is 166 cm³/mol. The van der Waals surface area contributed by atoms with E-state index in [1.54, 1.807) is 0 Å². The van der Waals surface area contributed by atoms with E-state index in [1.807, 2.05) is 48.7 Å². The topological polar surface area (TPSA) is 62.2 Å². The SMILES string of the molecule is CCc1ccccc1NC(=O)CCN1C(=S)N[C@@H](c2ccccn2)[C@H]1c1cc(C)n(-c2cccc(C)c2C)c1C. The lowest BCUT2D eigenvalue weighted by Gasteiger charge is -2.28. The van der Waals surface area contributed by atoms with Gasteiger partial charge in [0.1, 0.15) is 0 Å². The summed E-state index contributed by atoms with van der Waals surface area (Å²) in [6, 6.07) is 22.4. The molecule has 0 unspecified atom stereocenters. The van der Waals surface area contributed by atoms with Gasteiger partial charge in [0, 0.05) is 41.9 Å². The number of para-hydroxylation sites is 1. The number of aryl methyl sites for hydroxylation is 3. The van der Waals surface area contributed by atoms with Crippen molar-refractivity contribution in [3.05, 3.63) is 112 Å². The second kappa shape index (κ2) is 11.6. The largest absolute Gasteiger partial charge is 0.352 e. The Labute approximate surface area is 242 Å². The van der Waals surface area contributed by atoms with Crippen LogP contribution in [0.4, 0.5) is 5.69 Å². The van der Waals surface area contributed by atoms with Crippen LogP contribution < -0.4 is 10.6 Å². The molecule has 1 fully saturated rings. The van der Waals surface area contributed by atoms with E-state index in [4.69, 9.17) is 12.2 Å². The molecule has 4 aromatic rings. The summed E-state index contributed by atoms with van der Waals surface area (Å²) in [4.78, 5) is 19.9. The molecule has 1 aliphatic rings. The molecule has 40 heavy (non-hydrogen) atoms. The van der Waals surface area contributed by atoms with Crippen LogP contribution in [0, 0.1) is 27.7 Å². The van der Waals surface area contributed by atoms with E-state index in [9.17, 15) is 4.79 Å². The number of pyridine rings is 1. The highest BCUT2D eigenvalue weighted by Crippen LogP contribution is 2.41. The molecule has 0 radical (unpaired) electrons. The van der Waals surface area contributed by atoms with E-state index in [1.165, 1.54) is 22.4 Å². The van der Waals surface area contributed by atoms with Crippen LogP contribution in [0.15, 0.2) is 72.9 Å². The van der Waals surface area contributed by atoms with Gasteiger partial charge in [0.05, 0.1) is 17.8 Å². The van der Waals surface area contributed by atoms with Gasteiger partial charge in [0.15, 0.2) is 5.11 Å². The van der Waals surface area contributed by atoms with E-state index >= 15 is 0 Å². The molecule has 2 aromatic carbocycles. The summed E-state index contributed by atoms with van der Waals surface area (Å²) in [6.45, 7) is 11.2.